The molecule has 0 spiro atoms. The fraction of sp³-hybridized carbons (Fsp3) is 0.800. The first-order chi connectivity index (χ1) is 7.11. The molecule has 1 fully saturated rings. The normalized spacial score (nSPS) is 18.8. The Labute approximate surface area is 91.2 Å². The Morgan fingerprint density at radius 3 is 2.20 bits per heavy atom. The zero-order chi connectivity index (χ0) is 11.3. The Balaban J connectivity index is 2.49. The highest BCUT2D eigenvalue weighted by Gasteiger charge is 2.28. The van der Waals surface area contributed by atoms with Gasteiger partial charge in [0.1, 0.15) is 5.76 Å². The molecule has 0 aromatic rings. The molecule has 0 saturated heterocycles. The third-order valence-corrected chi connectivity index (χ3v) is 4.09. The molecule has 0 heterocycles. The van der Waals surface area contributed by atoms with Crippen LogP contribution in [-0.4, -0.2) is 14.2 Å². The van der Waals surface area contributed by atoms with Crippen molar-refractivity contribution in [3.8, 4) is 0 Å². The Bertz CT molecular complexity index is 250. The predicted molar refractivity (Wildman–Crippen MR) is 58.4 cm³/mol. The van der Waals surface area contributed by atoms with Crippen LogP contribution in [0.1, 0.15) is 32.1 Å². The fourth-order valence-corrected chi connectivity index (χ4v) is 2.53. The number of allylic oxidation sites excluding steroid dienone is 1. The fourth-order valence-electron chi connectivity index (χ4n) is 1.79. The van der Waals surface area contributed by atoms with E-state index in [-0.39, 0.29) is 5.92 Å². The number of hydrogen-bond donors (Lipinski definition) is 0. The first-order valence-electron chi connectivity index (χ1n) is 5.21. The van der Waals surface area contributed by atoms with E-state index >= 15 is 0 Å². The number of rotatable bonds is 5. The van der Waals surface area contributed by atoms with E-state index in [4.69, 9.17) is 13.6 Å². The zero-order valence-corrected chi connectivity index (χ0v) is 10.3. The molecule has 0 unspecified atom stereocenters. The van der Waals surface area contributed by atoms with Crippen LogP contribution < -0.4 is 0 Å². The molecule has 1 saturated carbocycles. The minimum absolute atomic E-state index is 0.289. The summed E-state index contributed by atoms with van der Waals surface area (Å²) >= 11 is 0. The Hall–Kier alpha value is -0.310. The summed E-state index contributed by atoms with van der Waals surface area (Å²) in [4.78, 5) is 0. The van der Waals surface area contributed by atoms with E-state index < -0.39 is 7.82 Å². The molecule has 0 atom stereocenters. The summed E-state index contributed by atoms with van der Waals surface area (Å²) in [5.74, 6) is 0.819. The first-order valence-corrected chi connectivity index (χ1v) is 6.67. The van der Waals surface area contributed by atoms with Crippen molar-refractivity contribution in [1.82, 2.24) is 0 Å². The van der Waals surface area contributed by atoms with Gasteiger partial charge in [0.15, 0.2) is 0 Å². The van der Waals surface area contributed by atoms with E-state index in [0.717, 1.165) is 12.8 Å². The van der Waals surface area contributed by atoms with Crippen molar-refractivity contribution in [2.45, 2.75) is 32.1 Å². The Morgan fingerprint density at radius 2 is 1.73 bits per heavy atom. The van der Waals surface area contributed by atoms with Crippen LogP contribution in [0.2, 0.25) is 0 Å². The smallest absolute Gasteiger partial charge is 0.409 e. The van der Waals surface area contributed by atoms with Crippen molar-refractivity contribution >= 4 is 7.82 Å². The topological polar surface area (TPSA) is 44.8 Å². The maximum absolute atomic E-state index is 11.7. The second-order valence-electron chi connectivity index (χ2n) is 3.70. The van der Waals surface area contributed by atoms with Gasteiger partial charge in [0, 0.05) is 20.1 Å². The van der Waals surface area contributed by atoms with Gasteiger partial charge in [-0.05, 0) is 12.8 Å². The van der Waals surface area contributed by atoms with E-state index in [1.54, 1.807) is 0 Å². The minimum atomic E-state index is -3.40. The number of phosphoric ester groups is 1. The minimum Gasteiger partial charge on any atom is -0.409 e. The number of phosphoric acid groups is 1. The lowest BCUT2D eigenvalue weighted by molar-refractivity contribution is 0.164. The number of hydrogen-bond acceptors (Lipinski definition) is 4. The van der Waals surface area contributed by atoms with Crippen molar-refractivity contribution in [2.75, 3.05) is 14.2 Å². The van der Waals surface area contributed by atoms with Crippen LogP contribution >= 0.6 is 7.82 Å². The van der Waals surface area contributed by atoms with Gasteiger partial charge in [-0.2, -0.15) is 0 Å². The molecular weight excluding hydrogens is 215 g/mol. The highest BCUT2D eigenvalue weighted by molar-refractivity contribution is 7.48. The second-order valence-corrected chi connectivity index (χ2v) is 5.51. The molecule has 0 aromatic carbocycles. The van der Waals surface area contributed by atoms with Gasteiger partial charge in [-0.25, -0.2) is 4.57 Å². The van der Waals surface area contributed by atoms with Crippen molar-refractivity contribution in [3.05, 3.63) is 12.3 Å². The molecule has 1 rings (SSSR count). The van der Waals surface area contributed by atoms with Crippen LogP contribution in [0, 0.1) is 5.92 Å². The molecule has 1 aliphatic rings. The Kier molecular flexibility index (Phi) is 4.84. The third-order valence-electron chi connectivity index (χ3n) is 2.74. The third kappa shape index (κ3) is 3.63. The van der Waals surface area contributed by atoms with Gasteiger partial charge < -0.3 is 4.52 Å². The summed E-state index contributed by atoms with van der Waals surface area (Å²) in [6.07, 6.45) is 5.71. The molecule has 0 aliphatic heterocycles. The van der Waals surface area contributed by atoms with E-state index in [2.05, 4.69) is 6.58 Å². The van der Waals surface area contributed by atoms with Gasteiger partial charge in [-0.15, -0.1) is 0 Å². The molecule has 0 aromatic heterocycles. The zero-order valence-electron chi connectivity index (χ0n) is 9.40. The predicted octanol–water partition coefficient (Wildman–Crippen LogP) is 3.50. The van der Waals surface area contributed by atoms with Crippen molar-refractivity contribution in [1.29, 1.82) is 0 Å². The average molecular weight is 234 g/mol. The van der Waals surface area contributed by atoms with Crippen LogP contribution in [0.3, 0.4) is 0 Å². The van der Waals surface area contributed by atoms with E-state index in [1.165, 1.54) is 33.5 Å². The Morgan fingerprint density at radius 1 is 1.20 bits per heavy atom. The van der Waals surface area contributed by atoms with Gasteiger partial charge in [-0.3, -0.25) is 9.05 Å². The maximum Gasteiger partial charge on any atom is 0.529 e. The van der Waals surface area contributed by atoms with Gasteiger partial charge >= 0.3 is 7.82 Å². The quantitative estimate of drug-likeness (QED) is 0.539. The van der Waals surface area contributed by atoms with E-state index in [0.29, 0.717) is 5.76 Å². The molecule has 88 valence electrons. The molecule has 0 radical (unpaired) electrons. The summed E-state index contributed by atoms with van der Waals surface area (Å²) in [7, 11) is -0.795. The van der Waals surface area contributed by atoms with Gasteiger partial charge in [0.05, 0.1) is 0 Å². The standard InChI is InChI=1S/C10H19O4P/c1-9(10-7-5-4-6-8-10)14-15(11,12-2)13-3/h10H,1,4-8H2,2-3H3. The van der Waals surface area contributed by atoms with Crippen LogP contribution in [0.15, 0.2) is 12.3 Å². The second kappa shape index (κ2) is 5.69. The lowest BCUT2D eigenvalue weighted by atomic mass is 9.88. The van der Waals surface area contributed by atoms with Gasteiger partial charge in [0.2, 0.25) is 0 Å². The van der Waals surface area contributed by atoms with Crippen LogP contribution in [0.25, 0.3) is 0 Å². The molecular formula is C10H19O4P. The highest BCUT2D eigenvalue weighted by Crippen LogP contribution is 2.51. The first kappa shape index (κ1) is 12.8. The monoisotopic (exact) mass is 234 g/mol. The van der Waals surface area contributed by atoms with Crippen molar-refractivity contribution < 1.29 is 18.1 Å². The van der Waals surface area contributed by atoms with Crippen LogP contribution in [-0.2, 0) is 18.1 Å². The summed E-state index contributed by atoms with van der Waals surface area (Å²) in [6, 6.07) is 0. The molecule has 4 nitrogen and oxygen atoms in total. The molecule has 15 heavy (non-hydrogen) atoms. The van der Waals surface area contributed by atoms with Crippen molar-refractivity contribution in [3.63, 3.8) is 0 Å². The van der Waals surface area contributed by atoms with Crippen LogP contribution in [0.5, 0.6) is 0 Å². The average Bonchev–Trinajstić information content (AvgIpc) is 2.30. The molecule has 5 heteroatoms. The van der Waals surface area contributed by atoms with Crippen LogP contribution in [0.4, 0.5) is 0 Å². The van der Waals surface area contributed by atoms with Crippen molar-refractivity contribution in [2.24, 2.45) is 5.92 Å². The molecule has 0 N–H and O–H groups in total. The molecule has 1 aliphatic carbocycles. The summed E-state index contributed by atoms with van der Waals surface area (Å²) in [5, 5.41) is 0. The summed E-state index contributed by atoms with van der Waals surface area (Å²) in [6.45, 7) is 3.80. The van der Waals surface area contributed by atoms with Gasteiger partial charge in [0.25, 0.3) is 0 Å². The largest absolute Gasteiger partial charge is 0.529 e. The van der Waals surface area contributed by atoms with E-state index in [9.17, 15) is 4.57 Å². The molecule has 0 bridgehead atoms. The summed E-state index contributed by atoms with van der Waals surface area (Å²) < 4.78 is 26.3. The SMILES string of the molecule is C=C(OP(=O)(OC)OC)C1CCCCC1. The van der Waals surface area contributed by atoms with Gasteiger partial charge in [-0.1, -0.05) is 25.8 Å². The maximum atomic E-state index is 11.7. The highest BCUT2D eigenvalue weighted by atomic mass is 31.2. The lowest BCUT2D eigenvalue weighted by Gasteiger charge is -2.25. The lowest BCUT2D eigenvalue weighted by Crippen LogP contribution is -2.10. The van der Waals surface area contributed by atoms with E-state index in [1.807, 2.05) is 0 Å². The summed E-state index contributed by atoms with van der Waals surface area (Å²) in [5.41, 5.74) is 0. The molecule has 0 amide bonds.